The Morgan fingerprint density at radius 3 is 1.12 bits per heavy atom. The van der Waals surface area contributed by atoms with Crippen molar-refractivity contribution in [3.8, 4) is 23.0 Å². The van der Waals surface area contributed by atoms with Crippen LogP contribution in [0.15, 0.2) is 206 Å². The first-order valence-corrected chi connectivity index (χ1v) is 26.5. The Balaban J connectivity index is 1.01. The van der Waals surface area contributed by atoms with Crippen molar-refractivity contribution >= 4 is 80.2 Å². The molecule has 0 spiro atoms. The highest BCUT2D eigenvalue weighted by Gasteiger charge is 2.45. The van der Waals surface area contributed by atoms with Crippen LogP contribution in [0.5, 0.6) is 23.0 Å². The first kappa shape index (κ1) is 40.9. The molecule has 0 amide bonds. The molecule has 0 bridgehead atoms. The van der Waals surface area contributed by atoms with Gasteiger partial charge >= 0.3 is 0 Å². The van der Waals surface area contributed by atoms with Crippen LogP contribution in [0, 0.1) is 0 Å². The summed E-state index contributed by atoms with van der Waals surface area (Å²) in [4.78, 5) is 4.72. The molecule has 0 aliphatic carbocycles. The lowest BCUT2D eigenvalue weighted by molar-refractivity contribution is 0.485. The van der Waals surface area contributed by atoms with Crippen molar-refractivity contribution in [2.24, 2.45) is 0 Å². The van der Waals surface area contributed by atoms with E-state index < -0.39 is 25.1 Å². The maximum absolute atomic E-state index is 15.6. The molecule has 330 valence electrons. The predicted molar refractivity (Wildman–Crippen MR) is 279 cm³/mol. The van der Waals surface area contributed by atoms with Crippen LogP contribution in [-0.2, 0) is 20.0 Å². The van der Waals surface area contributed by atoms with E-state index in [1.165, 1.54) is 11.1 Å². The third-order valence-electron chi connectivity index (χ3n) is 14.7. The van der Waals surface area contributed by atoms with Gasteiger partial charge in [-0.3, -0.25) is 0 Å². The summed E-state index contributed by atoms with van der Waals surface area (Å²) in [6.45, 7) is 9.26. The molecule has 9 aromatic carbocycles. The van der Waals surface area contributed by atoms with E-state index in [0.29, 0.717) is 44.2 Å². The molecule has 2 unspecified atom stereocenters. The highest BCUT2D eigenvalue weighted by atomic mass is 31.2. The molecule has 0 aromatic heterocycles. The molecule has 0 saturated heterocycles. The maximum atomic E-state index is 15.6. The van der Waals surface area contributed by atoms with E-state index in [-0.39, 0.29) is 0 Å². The van der Waals surface area contributed by atoms with Crippen molar-refractivity contribution in [1.82, 2.24) is 0 Å². The fourth-order valence-electron chi connectivity index (χ4n) is 11.4. The Kier molecular flexibility index (Phi) is 8.76. The van der Waals surface area contributed by atoms with Gasteiger partial charge in [0.25, 0.3) is 0 Å². The molecule has 4 heterocycles. The third-order valence-corrected chi connectivity index (χ3v) is 21.0. The fourth-order valence-corrected chi connectivity index (χ4v) is 17.0. The van der Waals surface area contributed by atoms with Gasteiger partial charge < -0.3 is 28.4 Å². The monoisotopic (exact) mass is 920 g/mol. The average Bonchev–Trinajstić information content (AvgIpc) is 3.37. The van der Waals surface area contributed by atoms with Gasteiger partial charge in [-0.15, -0.1) is 0 Å². The van der Waals surface area contributed by atoms with Gasteiger partial charge in [-0.1, -0.05) is 149 Å². The summed E-state index contributed by atoms with van der Waals surface area (Å²) < 4.78 is 44.7. The van der Waals surface area contributed by atoms with Gasteiger partial charge in [0.15, 0.2) is 14.3 Å². The topological polar surface area (TPSA) is 59.1 Å². The molecule has 0 fully saturated rings. The number of ether oxygens (including phenoxy) is 2. The van der Waals surface area contributed by atoms with Crippen LogP contribution >= 0.6 is 14.3 Å². The Labute approximate surface area is 396 Å². The van der Waals surface area contributed by atoms with E-state index >= 15 is 9.13 Å². The van der Waals surface area contributed by atoms with Crippen LogP contribution < -0.4 is 51.1 Å². The zero-order valence-electron chi connectivity index (χ0n) is 38.1. The fraction of sp³-hybridized carbons (Fsp3) is 0.100. The minimum atomic E-state index is -3.28. The minimum absolute atomic E-state index is 0.415. The summed E-state index contributed by atoms with van der Waals surface area (Å²) in [6.07, 6.45) is 0. The standard InChI is InChI=1S/C60H46N2O4P2/c1-59(2)43-23-11-13-25-47(43)61(39-31-33-57-53(35-39)65-51-27-15-17-29-55(51)67(57,63)41-19-7-5-8-20-41)49-38-46-50(37-45(49)59)62(48-26-14-12-24-44(48)60(46,3)4)40-32-34-58-54(36-40)66-52-28-16-18-30-56(52)68(58,64)42-21-9-6-10-22-42/h5-38H,1-4H3. The zero-order chi connectivity index (χ0) is 46.2. The summed E-state index contributed by atoms with van der Waals surface area (Å²) in [6, 6.07) is 69.6. The van der Waals surface area contributed by atoms with E-state index in [1.54, 1.807) is 0 Å². The largest absolute Gasteiger partial charge is 0.456 e. The summed E-state index contributed by atoms with van der Waals surface area (Å²) in [5.41, 5.74) is 9.96. The number of anilines is 6. The summed E-state index contributed by atoms with van der Waals surface area (Å²) in [7, 11) is -6.56. The van der Waals surface area contributed by atoms with Crippen molar-refractivity contribution in [3.05, 3.63) is 229 Å². The predicted octanol–water partition coefficient (Wildman–Crippen LogP) is 13.4. The number of benzene rings is 9. The van der Waals surface area contributed by atoms with Crippen LogP contribution in [0.2, 0.25) is 0 Å². The second-order valence-corrected chi connectivity index (χ2v) is 24.6. The summed E-state index contributed by atoms with van der Waals surface area (Å²) in [5.74, 6) is 2.40. The number of hydrogen-bond acceptors (Lipinski definition) is 6. The van der Waals surface area contributed by atoms with Crippen molar-refractivity contribution in [3.63, 3.8) is 0 Å². The van der Waals surface area contributed by atoms with Gasteiger partial charge in [0, 0.05) is 44.9 Å². The van der Waals surface area contributed by atoms with Crippen LogP contribution in [0.3, 0.4) is 0 Å². The third kappa shape index (κ3) is 5.59. The number of para-hydroxylation sites is 4. The van der Waals surface area contributed by atoms with E-state index in [9.17, 15) is 0 Å². The number of nitrogens with zero attached hydrogens (tertiary/aromatic N) is 2. The zero-order valence-corrected chi connectivity index (χ0v) is 39.8. The lowest BCUT2D eigenvalue weighted by Crippen LogP contribution is -2.35. The lowest BCUT2D eigenvalue weighted by Gasteiger charge is -2.47. The average molecular weight is 921 g/mol. The Morgan fingerprint density at radius 2 is 0.691 bits per heavy atom. The van der Waals surface area contributed by atoms with Gasteiger partial charge in [0.1, 0.15) is 23.0 Å². The molecule has 0 N–H and O–H groups in total. The first-order chi connectivity index (χ1) is 33.0. The molecule has 6 nitrogen and oxygen atoms in total. The molecule has 4 aliphatic rings. The molecule has 0 saturated carbocycles. The first-order valence-electron chi connectivity index (χ1n) is 23.1. The van der Waals surface area contributed by atoms with E-state index in [1.807, 2.05) is 121 Å². The lowest BCUT2D eigenvalue weighted by atomic mass is 9.69. The quantitative estimate of drug-likeness (QED) is 0.164. The molecular weight excluding hydrogens is 875 g/mol. The summed E-state index contributed by atoms with van der Waals surface area (Å²) in [5, 5.41) is 4.35. The van der Waals surface area contributed by atoms with Gasteiger partial charge in [0.05, 0.1) is 44.0 Å². The van der Waals surface area contributed by atoms with Crippen molar-refractivity contribution in [2.45, 2.75) is 38.5 Å². The van der Waals surface area contributed by atoms with Crippen LogP contribution in [0.25, 0.3) is 0 Å². The molecule has 4 aliphatic heterocycles. The highest BCUT2D eigenvalue weighted by molar-refractivity contribution is 7.86. The number of fused-ring (bicyclic) bond motifs is 8. The SMILES string of the molecule is CC1(C)c2ccccc2N(c2ccc3c(c2)Oc2ccccc2P3(=O)c2ccccc2)c2cc3c(cc21)N(c1ccc2c(c1)Oc1ccccc1P2(=O)c1ccccc1)c1ccccc1C3(C)C. The molecule has 8 heteroatoms. The normalized spacial score (nSPS) is 19.5. The van der Waals surface area contributed by atoms with E-state index in [4.69, 9.17) is 9.47 Å². The molecule has 13 rings (SSSR count). The van der Waals surface area contributed by atoms with Gasteiger partial charge in [0.2, 0.25) is 0 Å². The molecule has 9 aromatic rings. The number of rotatable bonds is 4. The second kappa shape index (κ2) is 14.6. The van der Waals surface area contributed by atoms with E-state index in [0.717, 1.165) is 55.9 Å². The smallest absolute Gasteiger partial charge is 0.178 e. The molecule has 2 atom stereocenters. The second-order valence-electron chi connectivity index (χ2n) is 19.2. The van der Waals surface area contributed by atoms with Crippen LogP contribution in [0.4, 0.5) is 34.1 Å². The number of hydrogen-bond donors (Lipinski definition) is 0. The van der Waals surface area contributed by atoms with Crippen LogP contribution in [-0.4, -0.2) is 0 Å². The molecular formula is C60H46N2O4P2. The molecule has 68 heavy (non-hydrogen) atoms. The Morgan fingerprint density at radius 1 is 0.338 bits per heavy atom. The minimum Gasteiger partial charge on any atom is -0.456 e. The van der Waals surface area contributed by atoms with Gasteiger partial charge in [-0.05, 0) is 95.1 Å². The van der Waals surface area contributed by atoms with E-state index in [2.05, 4.69) is 122 Å². The van der Waals surface area contributed by atoms with Gasteiger partial charge in [-0.2, -0.15) is 0 Å². The maximum Gasteiger partial charge on any atom is 0.178 e. The van der Waals surface area contributed by atoms with Gasteiger partial charge in [-0.25, -0.2) is 0 Å². The highest BCUT2D eigenvalue weighted by Crippen LogP contribution is 2.61. The molecule has 0 radical (unpaired) electrons. The Hall–Kier alpha value is -7.36. The van der Waals surface area contributed by atoms with Crippen LogP contribution in [0.1, 0.15) is 49.9 Å². The Bertz CT molecular complexity index is 3440. The van der Waals surface area contributed by atoms with Crippen molar-refractivity contribution < 1.29 is 18.6 Å². The van der Waals surface area contributed by atoms with Crippen molar-refractivity contribution in [1.29, 1.82) is 0 Å². The van der Waals surface area contributed by atoms with Crippen molar-refractivity contribution in [2.75, 3.05) is 9.80 Å². The summed E-state index contributed by atoms with van der Waals surface area (Å²) >= 11 is 0.